The predicted octanol–water partition coefficient (Wildman–Crippen LogP) is -0.0718. The summed E-state index contributed by atoms with van der Waals surface area (Å²) in [5.74, 6) is 0.889. The molecule has 1 N–H and O–H groups in total. The van der Waals surface area contributed by atoms with Crippen molar-refractivity contribution in [1.82, 2.24) is 14.5 Å². The fraction of sp³-hybridized carbons (Fsp3) is 0.429. The summed E-state index contributed by atoms with van der Waals surface area (Å²) in [4.78, 5) is 24.9. The molecule has 0 unspecified atom stereocenters. The van der Waals surface area contributed by atoms with E-state index < -0.39 is 0 Å². The van der Waals surface area contributed by atoms with Gasteiger partial charge in [0.2, 0.25) is 0 Å². The van der Waals surface area contributed by atoms with Gasteiger partial charge in [-0.15, -0.1) is 0 Å². The van der Waals surface area contributed by atoms with Crippen LogP contribution in [0.4, 0.5) is 0 Å². The van der Waals surface area contributed by atoms with Crippen LogP contribution in [0.25, 0.3) is 10.9 Å². The van der Waals surface area contributed by atoms with Crippen LogP contribution < -0.4 is 21.3 Å². The maximum absolute atomic E-state index is 12.5. The summed E-state index contributed by atoms with van der Waals surface area (Å²) >= 11 is 0. The van der Waals surface area contributed by atoms with Gasteiger partial charge >= 0.3 is 5.69 Å². The highest BCUT2D eigenvalue weighted by molar-refractivity contribution is 5.84. The minimum atomic E-state index is -0.293. The number of ether oxygens (including phenoxy) is 1. The maximum Gasteiger partial charge on any atom is 0.331 e. The van der Waals surface area contributed by atoms with E-state index in [1.165, 1.54) is 16.2 Å². The van der Waals surface area contributed by atoms with Crippen LogP contribution in [0.3, 0.4) is 0 Å². The summed E-state index contributed by atoms with van der Waals surface area (Å²) in [6.45, 7) is 2.17. The maximum atomic E-state index is 12.5. The minimum absolute atomic E-state index is 0.242. The SMILES string of the molecule is COc1cccc2c(=O)n(CC3CNC3)c(=O)n(C)c12. The Labute approximate surface area is 115 Å². The number of fused-ring (bicyclic) bond motifs is 1. The van der Waals surface area contributed by atoms with Gasteiger partial charge in [-0.3, -0.25) is 13.9 Å². The Kier molecular flexibility index (Phi) is 3.10. The van der Waals surface area contributed by atoms with E-state index in [1.54, 1.807) is 25.2 Å². The number of benzene rings is 1. The zero-order valence-corrected chi connectivity index (χ0v) is 11.5. The summed E-state index contributed by atoms with van der Waals surface area (Å²) in [6.07, 6.45) is 0. The average molecular weight is 275 g/mol. The van der Waals surface area contributed by atoms with Crippen molar-refractivity contribution in [3.05, 3.63) is 39.0 Å². The van der Waals surface area contributed by atoms with Crippen molar-refractivity contribution >= 4 is 10.9 Å². The van der Waals surface area contributed by atoms with E-state index in [0.717, 1.165) is 13.1 Å². The molecule has 106 valence electrons. The van der Waals surface area contributed by atoms with Crippen LogP contribution in [0.1, 0.15) is 0 Å². The number of nitrogens with zero attached hydrogens (tertiary/aromatic N) is 2. The molecule has 20 heavy (non-hydrogen) atoms. The number of nitrogens with one attached hydrogen (secondary N) is 1. The molecular weight excluding hydrogens is 258 g/mol. The van der Waals surface area contributed by atoms with Gasteiger partial charge in [-0.25, -0.2) is 4.79 Å². The van der Waals surface area contributed by atoms with Gasteiger partial charge in [0.15, 0.2) is 0 Å². The van der Waals surface area contributed by atoms with Crippen molar-refractivity contribution in [3.63, 3.8) is 0 Å². The smallest absolute Gasteiger partial charge is 0.331 e. The number of para-hydroxylation sites is 1. The fourth-order valence-electron chi connectivity index (χ4n) is 2.61. The molecule has 6 heteroatoms. The highest BCUT2D eigenvalue weighted by Crippen LogP contribution is 2.21. The molecule has 0 saturated carbocycles. The van der Waals surface area contributed by atoms with Gasteiger partial charge < -0.3 is 10.1 Å². The van der Waals surface area contributed by atoms with Gasteiger partial charge in [-0.1, -0.05) is 6.07 Å². The summed E-state index contributed by atoms with van der Waals surface area (Å²) < 4.78 is 8.07. The standard InChI is InChI=1S/C14H17N3O3/c1-16-12-10(4-3-5-11(12)20-2)13(18)17(14(16)19)8-9-6-15-7-9/h3-5,9,15H,6-8H2,1-2H3. The number of rotatable bonds is 3. The summed E-state index contributed by atoms with van der Waals surface area (Å²) in [6, 6.07) is 5.25. The molecule has 0 amide bonds. The number of hydrogen-bond donors (Lipinski definition) is 1. The third-order valence-electron chi connectivity index (χ3n) is 3.85. The van der Waals surface area contributed by atoms with Crippen molar-refractivity contribution in [2.45, 2.75) is 6.54 Å². The quantitative estimate of drug-likeness (QED) is 0.851. The first-order valence-electron chi connectivity index (χ1n) is 6.60. The van der Waals surface area contributed by atoms with Gasteiger partial charge in [-0.2, -0.15) is 0 Å². The fourth-order valence-corrected chi connectivity index (χ4v) is 2.61. The molecule has 1 fully saturated rings. The van der Waals surface area contributed by atoms with Gasteiger partial charge in [-0.05, 0) is 12.1 Å². The monoisotopic (exact) mass is 275 g/mol. The lowest BCUT2D eigenvalue weighted by Gasteiger charge is -2.27. The highest BCUT2D eigenvalue weighted by atomic mass is 16.5. The molecule has 1 saturated heterocycles. The van der Waals surface area contributed by atoms with Crippen LogP contribution >= 0.6 is 0 Å². The van der Waals surface area contributed by atoms with Crippen molar-refractivity contribution in [1.29, 1.82) is 0 Å². The van der Waals surface area contributed by atoms with E-state index in [4.69, 9.17) is 4.74 Å². The van der Waals surface area contributed by atoms with Gasteiger partial charge in [0.25, 0.3) is 5.56 Å². The Morgan fingerprint density at radius 1 is 1.35 bits per heavy atom. The Morgan fingerprint density at radius 3 is 2.70 bits per heavy atom. The number of methoxy groups -OCH3 is 1. The van der Waals surface area contributed by atoms with E-state index in [1.807, 2.05) is 0 Å². The first kappa shape index (κ1) is 12.9. The summed E-state index contributed by atoms with van der Waals surface area (Å²) in [5.41, 5.74) is 0.0146. The first-order chi connectivity index (χ1) is 9.63. The zero-order valence-electron chi connectivity index (χ0n) is 11.5. The minimum Gasteiger partial charge on any atom is -0.495 e. The van der Waals surface area contributed by atoms with Crippen LogP contribution in [0.15, 0.2) is 27.8 Å². The average Bonchev–Trinajstić information content (AvgIpc) is 2.42. The van der Waals surface area contributed by atoms with E-state index >= 15 is 0 Å². The molecule has 1 aliphatic rings. The third-order valence-corrected chi connectivity index (χ3v) is 3.85. The van der Waals surface area contributed by atoms with Crippen LogP contribution in [0.2, 0.25) is 0 Å². The number of aromatic nitrogens is 2. The lowest BCUT2D eigenvalue weighted by Crippen LogP contribution is -2.49. The summed E-state index contributed by atoms with van der Waals surface area (Å²) in [7, 11) is 3.20. The molecule has 1 aromatic carbocycles. The van der Waals surface area contributed by atoms with Crippen LogP contribution in [0, 0.1) is 5.92 Å². The van der Waals surface area contributed by atoms with Crippen molar-refractivity contribution < 1.29 is 4.74 Å². The molecule has 3 rings (SSSR count). The molecule has 0 bridgehead atoms. The molecule has 1 aliphatic heterocycles. The Balaban J connectivity index is 2.28. The van der Waals surface area contributed by atoms with Crippen molar-refractivity contribution in [3.8, 4) is 5.75 Å². The van der Waals surface area contributed by atoms with E-state index in [9.17, 15) is 9.59 Å². The van der Waals surface area contributed by atoms with Gasteiger partial charge in [0, 0.05) is 32.6 Å². The second-order valence-corrected chi connectivity index (χ2v) is 5.14. The molecule has 0 aliphatic carbocycles. The van der Waals surface area contributed by atoms with Gasteiger partial charge in [0.1, 0.15) is 11.3 Å². The Hall–Kier alpha value is -2.08. The normalized spacial score (nSPS) is 15.3. The molecule has 0 atom stereocenters. The van der Waals surface area contributed by atoms with E-state index in [-0.39, 0.29) is 11.2 Å². The van der Waals surface area contributed by atoms with E-state index in [0.29, 0.717) is 29.1 Å². The molecule has 0 radical (unpaired) electrons. The molecule has 6 nitrogen and oxygen atoms in total. The largest absolute Gasteiger partial charge is 0.495 e. The third kappa shape index (κ3) is 1.84. The molecule has 1 aromatic heterocycles. The molecule has 2 heterocycles. The molecular formula is C14H17N3O3. The lowest BCUT2D eigenvalue weighted by molar-refractivity contribution is 0.298. The molecule has 2 aromatic rings. The second-order valence-electron chi connectivity index (χ2n) is 5.14. The zero-order chi connectivity index (χ0) is 14.3. The topological polar surface area (TPSA) is 65.3 Å². The number of hydrogen-bond acceptors (Lipinski definition) is 4. The van der Waals surface area contributed by atoms with E-state index in [2.05, 4.69) is 5.32 Å². The molecule has 0 spiro atoms. The van der Waals surface area contributed by atoms with Crippen LogP contribution in [0.5, 0.6) is 5.75 Å². The first-order valence-corrected chi connectivity index (χ1v) is 6.60. The highest BCUT2D eigenvalue weighted by Gasteiger charge is 2.21. The lowest BCUT2D eigenvalue weighted by atomic mass is 10.0. The second kappa shape index (κ2) is 4.79. The Morgan fingerprint density at radius 2 is 2.10 bits per heavy atom. The summed E-state index contributed by atoms with van der Waals surface area (Å²) in [5, 5.41) is 3.66. The van der Waals surface area contributed by atoms with Crippen LogP contribution in [-0.2, 0) is 13.6 Å². The van der Waals surface area contributed by atoms with Crippen molar-refractivity contribution in [2.75, 3.05) is 20.2 Å². The Bertz CT molecular complexity index is 772. The van der Waals surface area contributed by atoms with Crippen LogP contribution in [-0.4, -0.2) is 29.3 Å². The van der Waals surface area contributed by atoms with Crippen molar-refractivity contribution in [2.24, 2.45) is 13.0 Å². The predicted molar refractivity (Wildman–Crippen MR) is 76.4 cm³/mol. The van der Waals surface area contributed by atoms with Gasteiger partial charge in [0.05, 0.1) is 12.5 Å². The number of aryl methyl sites for hydroxylation is 1.